The largest absolute Gasteiger partial charge is 0.241 e. The summed E-state index contributed by atoms with van der Waals surface area (Å²) in [4.78, 5) is 17.8. The van der Waals surface area contributed by atoms with Crippen LogP contribution in [0, 0.1) is 0 Å². The SMILES string of the molecule is CCCCCCc1cc(-c2ccccc2)sc1-c1cnc(-c2ncc(-c3sc(-c4ccccc4)cc3CCCCCC)s2)s1. The fourth-order valence-corrected chi connectivity index (χ4v) is 10.1. The van der Waals surface area contributed by atoms with Crippen molar-refractivity contribution >= 4 is 45.3 Å². The van der Waals surface area contributed by atoms with Gasteiger partial charge in [-0.05, 0) is 60.1 Å². The number of rotatable bonds is 15. The first-order valence-electron chi connectivity index (χ1n) is 16.0. The molecule has 0 saturated heterocycles. The van der Waals surface area contributed by atoms with Gasteiger partial charge < -0.3 is 0 Å². The topological polar surface area (TPSA) is 25.8 Å². The van der Waals surface area contributed by atoms with Gasteiger partial charge in [0.1, 0.15) is 0 Å². The second kappa shape index (κ2) is 15.4. The summed E-state index contributed by atoms with van der Waals surface area (Å²) in [7, 11) is 0. The molecular formula is C38H40N2S4. The first-order chi connectivity index (χ1) is 21.7. The van der Waals surface area contributed by atoms with Gasteiger partial charge in [0.15, 0.2) is 10.0 Å². The van der Waals surface area contributed by atoms with Crippen molar-refractivity contribution in [2.75, 3.05) is 0 Å². The smallest absolute Gasteiger partial charge is 0.152 e. The summed E-state index contributed by atoms with van der Waals surface area (Å²) in [5.74, 6) is 0. The lowest BCUT2D eigenvalue weighted by molar-refractivity contribution is 0.668. The lowest BCUT2D eigenvalue weighted by atomic mass is 10.1. The lowest BCUT2D eigenvalue weighted by Gasteiger charge is -2.01. The molecule has 2 aromatic carbocycles. The summed E-state index contributed by atoms with van der Waals surface area (Å²) in [5, 5.41) is 2.04. The zero-order chi connectivity index (χ0) is 30.1. The fourth-order valence-electron chi connectivity index (χ4n) is 5.58. The Balaban J connectivity index is 1.27. The van der Waals surface area contributed by atoms with E-state index in [4.69, 9.17) is 9.97 Å². The van der Waals surface area contributed by atoms with Crippen LogP contribution in [0.1, 0.15) is 76.3 Å². The van der Waals surface area contributed by atoms with Gasteiger partial charge in [0.2, 0.25) is 0 Å². The van der Waals surface area contributed by atoms with Crippen LogP contribution in [-0.4, -0.2) is 9.97 Å². The molecule has 4 heterocycles. The van der Waals surface area contributed by atoms with Crippen molar-refractivity contribution in [3.8, 4) is 50.4 Å². The molecule has 0 aliphatic carbocycles. The Morgan fingerprint density at radius 3 is 1.32 bits per heavy atom. The average Bonchev–Trinajstić information content (AvgIpc) is 3.88. The van der Waals surface area contributed by atoms with E-state index in [1.165, 1.54) is 103 Å². The minimum atomic E-state index is 1.02. The van der Waals surface area contributed by atoms with Crippen molar-refractivity contribution in [3.05, 3.63) is 96.3 Å². The summed E-state index contributed by atoms with van der Waals surface area (Å²) in [6, 6.07) is 26.4. The number of thiophene rings is 2. The number of aryl methyl sites for hydroxylation is 2. The Labute approximate surface area is 278 Å². The van der Waals surface area contributed by atoms with Crippen molar-refractivity contribution in [3.63, 3.8) is 0 Å². The average molecular weight is 653 g/mol. The molecule has 2 nitrogen and oxygen atoms in total. The van der Waals surface area contributed by atoms with Crippen molar-refractivity contribution in [2.24, 2.45) is 0 Å². The fraction of sp³-hybridized carbons (Fsp3) is 0.316. The van der Waals surface area contributed by atoms with Crippen molar-refractivity contribution < 1.29 is 0 Å². The van der Waals surface area contributed by atoms with Crippen LogP contribution in [0.3, 0.4) is 0 Å². The monoisotopic (exact) mass is 652 g/mol. The number of unbranched alkanes of at least 4 members (excludes halogenated alkanes) is 6. The highest BCUT2D eigenvalue weighted by Crippen LogP contribution is 2.46. The maximum atomic E-state index is 4.92. The molecule has 0 unspecified atom stereocenters. The van der Waals surface area contributed by atoms with E-state index in [0.29, 0.717) is 0 Å². The highest BCUT2D eigenvalue weighted by molar-refractivity contribution is 7.29. The van der Waals surface area contributed by atoms with E-state index in [1.54, 1.807) is 22.7 Å². The van der Waals surface area contributed by atoms with Crippen LogP contribution in [-0.2, 0) is 12.8 Å². The Morgan fingerprint density at radius 2 is 0.909 bits per heavy atom. The summed E-state index contributed by atoms with van der Waals surface area (Å²) >= 11 is 7.40. The zero-order valence-electron chi connectivity index (χ0n) is 25.7. The van der Waals surface area contributed by atoms with Gasteiger partial charge in [-0.1, -0.05) is 113 Å². The Kier molecular flexibility index (Phi) is 10.9. The predicted molar refractivity (Wildman–Crippen MR) is 196 cm³/mol. The van der Waals surface area contributed by atoms with Crippen molar-refractivity contribution in [1.29, 1.82) is 0 Å². The van der Waals surface area contributed by atoms with E-state index in [2.05, 4.69) is 99.0 Å². The number of hydrogen-bond acceptors (Lipinski definition) is 6. The molecule has 0 radical (unpaired) electrons. The lowest BCUT2D eigenvalue weighted by Crippen LogP contribution is -1.85. The third kappa shape index (κ3) is 7.48. The van der Waals surface area contributed by atoms with Crippen LogP contribution in [0.15, 0.2) is 85.2 Å². The molecule has 0 atom stereocenters. The first kappa shape index (κ1) is 31.1. The van der Waals surface area contributed by atoms with Crippen LogP contribution >= 0.6 is 45.3 Å². The normalized spacial score (nSPS) is 11.4. The molecule has 6 heteroatoms. The van der Waals surface area contributed by atoms with Gasteiger partial charge in [-0.2, -0.15) is 0 Å². The maximum Gasteiger partial charge on any atom is 0.152 e. The number of nitrogens with zero attached hydrogens (tertiary/aromatic N) is 2. The zero-order valence-corrected chi connectivity index (χ0v) is 28.9. The Bertz CT molecular complexity index is 1610. The van der Waals surface area contributed by atoms with Crippen LogP contribution in [0.2, 0.25) is 0 Å². The quantitative estimate of drug-likeness (QED) is 0.103. The molecule has 226 valence electrons. The molecule has 0 aliphatic rings. The number of thiazole rings is 2. The third-order valence-corrected chi connectivity index (χ3v) is 12.9. The molecular weight excluding hydrogens is 613 g/mol. The molecule has 44 heavy (non-hydrogen) atoms. The number of benzene rings is 2. The number of aromatic nitrogens is 2. The van der Waals surface area contributed by atoms with Gasteiger partial charge in [0, 0.05) is 31.9 Å². The molecule has 0 fully saturated rings. The predicted octanol–water partition coefficient (Wildman–Crippen LogP) is 13.3. The minimum Gasteiger partial charge on any atom is -0.241 e. The minimum absolute atomic E-state index is 1.02. The third-order valence-electron chi connectivity index (χ3n) is 7.98. The van der Waals surface area contributed by atoms with Crippen LogP contribution < -0.4 is 0 Å². The second-order valence-corrected chi connectivity index (χ2v) is 15.5. The standard InChI is InChI=1S/C38H40N2S4/c1-3-5-7-11-21-29-23-31(27-17-13-9-14-18-27)41-35(29)33-25-39-37(43-33)38-40-26-34(44-38)36-30(22-12-8-6-4-2)24-32(42-36)28-19-15-10-16-20-28/h9-10,13-20,23-26H,3-8,11-12,21-22H2,1-2H3. The van der Waals surface area contributed by atoms with E-state index in [0.717, 1.165) is 22.9 Å². The Morgan fingerprint density at radius 1 is 0.477 bits per heavy atom. The molecule has 6 aromatic rings. The van der Waals surface area contributed by atoms with Crippen LogP contribution in [0.5, 0.6) is 0 Å². The van der Waals surface area contributed by atoms with Gasteiger partial charge >= 0.3 is 0 Å². The highest BCUT2D eigenvalue weighted by atomic mass is 32.1. The summed E-state index contributed by atoms with van der Waals surface area (Å²) < 4.78 is 0. The van der Waals surface area contributed by atoms with E-state index in [9.17, 15) is 0 Å². The van der Waals surface area contributed by atoms with Crippen molar-refractivity contribution in [1.82, 2.24) is 9.97 Å². The summed E-state index contributed by atoms with van der Waals surface area (Å²) in [5.41, 5.74) is 5.51. The van der Waals surface area contributed by atoms with Gasteiger partial charge in [-0.15, -0.1) is 45.3 Å². The van der Waals surface area contributed by atoms with Gasteiger partial charge in [-0.25, -0.2) is 9.97 Å². The summed E-state index contributed by atoms with van der Waals surface area (Å²) in [6.45, 7) is 4.56. The molecule has 4 aromatic heterocycles. The molecule has 0 bridgehead atoms. The first-order valence-corrected chi connectivity index (χ1v) is 19.3. The number of hydrogen-bond donors (Lipinski definition) is 0. The van der Waals surface area contributed by atoms with E-state index < -0.39 is 0 Å². The molecule has 6 rings (SSSR count). The van der Waals surface area contributed by atoms with E-state index in [-0.39, 0.29) is 0 Å². The van der Waals surface area contributed by atoms with Gasteiger partial charge in [-0.3, -0.25) is 0 Å². The second-order valence-electron chi connectivity index (χ2n) is 11.3. The van der Waals surface area contributed by atoms with Crippen LogP contribution in [0.25, 0.3) is 50.4 Å². The highest BCUT2D eigenvalue weighted by Gasteiger charge is 2.19. The Hall–Kier alpha value is -2.90. The molecule has 0 amide bonds. The van der Waals surface area contributed by atoms with Crippen molar-refractivity contribution in [2.45, 2.75) is 78.1 Å². The molecule has 0 spiro atoms. The molecule has 0 N–H and O–H groups in total. The van der Waals surface area contributed by atoms with E-state index in [1.807, 2.05) is 22.7 Å². The maximum absolute atomic E-state index is 4.92. The van der Waals surface area contributed by atoms with Crippen LogP contribution in [0.4, 0.5) is 0 Å². The van der Waals surface area contributed by atoms with Gasteiger partial charge in [0.25, 0.3) is 0 Å². The molecule has 0 saturated carbocycles. The van der Waals surface area contributed by atoms with E-state index >= 15 is 0 Å². The molecule has 0 aliphatic heterocycles. The van der Waals surface area contributed by atoms with Gasteiger partial charge in [0.05, 0.1) is 9.75 Å². The summed E-state index contributed by atoms with van der Waals surface area (Å²) in [6.07, 6.45) is 16.6.